The number of H-pyrrole nitrogens is 1. The van der Waals surface area contributed by atoms with E-state index in [0.29, 0.717) is 16.7 Å². The summed E-state index contributed by atoms with van der Waals surface area (Å²) < 4.78 is 6.88. The van der Waals surface area contributed by atoms with E-state index >= 15 is 0 Å². The van der Waals surface area contributed by atoms with E-state index in [1.165, 1.54) is 11.8 Å². The van der Waals surface area contributed by atoms with Crippen LogP contribution in [0.3, 0.4) is 0 Å². The van der Waals surface area contributed by atoms with Crippen LogP contribution in [0.15, 0.2) is 28.2 Å². The lowest BCUT2D eigenvalue weighted by atomic mass is 10.2. The summed E-state index contributed by atoms with van der Waals surface area (Å²) in [5, 5.41) is 0.704. The molecule has 0 bridgehead atoms. The zero-order valence-corrected chi connectivity index (χ0v) is 13.7. The molecule has 0 fully saturated rings. The van der Waals surface area contributed by atoms with Crippen molar-refractivity contribution < 1.29 is 4.74 Å². The third-order valence-corrected chi connectivity index (χ3v) is 4.72. The first-order valence-corrected chi connectivity index (χ1v) is 8.66. The van der Waals surface area contributed by atoms with Crippen molar-refractivity contribution in [3.05, 3.63) is 39.9 Å². The SMILES string of the molecule is COc1ccc2c(c1)[nH]c(=O)n2-c1nc(SC)nc2c1CCC2. The number of methoxy groups -OCH3 is 1. The quantitative estimate of drug-likeness (QED) is 0.590. The van der Waals surface area contributed by atoms with E-state index < -0.39 is 0 Å². The Morgan fingerprint density at radius 1 is 1.30 bits per heavy atom. The highest BCUT2D eigenvalue weighted by Gasteiger charge is 2.22. The maximum absolute atomic E-state index is 12.5. The van der Waals surface area contributed by atoms with Crippen LogP contribution < -0.4 is 10.4 Å². The zero-order chi connectivity index (χ0) is 16.0. The Bertz CT molecular complexity index is 961. The number of aromatic amines is 1. The number of imidazole rings is 1. The average molecular weight is 328 g/mol. The number of thioether (sulfide) groups is 1. The Labute approximate surface area is 136 Å². The second-order valence-corrected chi connectivity index (χ2v) is 6.23. The normalized spacial score (nSPS) is 13.5. The van der Waals surface area contributed by atoms with E-state index in [1.54, 1.807) is 11.7 Å². The molecule has 0 spiro atoms. The van der Waals surface area contributed by atoms with Crippen LogP contribution in [0.4, 0.5) is 0 Å². The Hall–Kier alpha value is -2.28. The molecule has 7 heteroatoms. The van der Waals surface area contributed by atoms with E-state index in [4.69, 9.17) is 4.74 Å². The van der Waals surface area contributed by atoms with Gasteiger partial charge >= 0.3 is 5.69 Å². The molecule has 0 unspecified atom stereocenters. The largest absolute Gasteiger partial charge is 0.497 e. The van der Waals surface area contributed by atoms with Crippen LogP contribution in [0.1, 0.15) is 17.7 Å². The van der Waals surface area contributed by atoms with Gasteiger partial charge in [0.25, 0.3) is 0 Å². The van der Waals surface area contributed by atoms with Crippen LogP contribution in [-0.4, -0.2) is 32.9 Å². The molecule has 4 rings (SSSR count). The number of nitrogens with one attached hydrogen (secondary N) is 1. The third-order valence-electron chi connectivity index (χ3n) is 4.17. The van der Waals surface area contributed by atoms with Crippen LogP contribution >= 0.6 is 11.8 Å². The zero-order valence-electron chi connectivity index (χ0n) is 12.9. The molecule has 2 aromatic heterocycles. The van der Waals surface area contributed by atoms with Gasteiger partial charge < -0.3 is 9.72 Å². The number of aryl methyl sites for hydroxylation is 1. The summed E-state index contributed by atoms with van der Waals surface area (Å²) in [6, 6.07) is 5.56. The van der Waals surface area contributed by atoms with Crippen LogP contribution in [0.2, 0.25) is 0 Å². The van der Waals surface area contributed by atoms with Crippen molar-refractivity contribution in [2.75, 3.05) is 13.4 Å². The van der Waals surface area contributed by atoms with Gasteiger partial charge in [-0.3, -0.25) is 0 Å². The maximum atomic E-state index is 12.5. The molecule has 1 aliphatic rings. The summed E-state index contributed by atoms with van der Waals surface area (Å²) in [5.41, 5.74) is 3.50. The second kappa shape index (κ2) is 5.42. The van der Waals surface area contributed by atoms with Crippen molar-refractivity contribution in [1.29, 1.82) is 0 Å². The number of rotatable bonds is 3. The second-order valence-electron chi connectivity index (χ2n) is 5.46. The average Bonchev–Trinajstić information content (AvgIpc) is 3.16. The molecule has 2 heterocycles. The number of nitrogens with zero attached hydrogens (tertiary/aromatic N) is 3. The standard InChI is InChI=1S/C16H16N4O2S/c1-22-9-6-7-13-12(8-9)18-16(21)20(13)14-10-4-3-5-11(10)17-15(19-14)23-2/h6-8H,3-5H2,1-2H3,(H,18,21). The summed E-state index contributed by atoms with van der Waals surface area (Å²) in [4.78, 5) is 24.6. The summed E-state index contributed by atoms with van der Waals surface area (Å²) in [6.07, 6.45) is 4.86. The number of hydrogen-bond donors (Lipinski definition) is 1. The monoisotopic (exact) mass is 328 g/mol. The Balaban J connectivity index is 2.02. The highest BCUT2D eigenvalue weighted by molar-refractivity contribution is 7.98. The minimum absolute atomic E-state index is 0.187. The predicted molar refractivity (Wildman–Crippen MR) is 89.8 cm³/mol. The van der Waals surface area contributed by atoms with Crippen LogP contribution in [0.5, 0.6) is 5.75 Å². The van der Waals surface area contributed by atoms with Crippen molar-refractivity contribution in [2.24, 2.45) is 0 Å². The molecule has 23 heavy (non-hydrogen) atoms. The van der Waals surface area contributed by atoms with Crippen molar-refractivity contribution in [3.63, 3.8) is 0 Å². The van der Waals surface area contributed by atoms with Crippen LogP contribution in [-0.2, 0) is 12.8 Å². The molecule has 1 aromatic carbocycles. The van der Waals surface area contributed by atoms with Crippen LogP contribution in [0.25, 0.3) is 16.9 Å². The van der Waals surface area contributed by atoms with E-state index in [-0.39, 0.29) is 5.69 Å². The molecule has 1 N–H and O–H groups in total. The molecule has 0 aliphatic heterocycles. The highest BCUT2D eigenvalue weighted by atomic mass is 32.2. The third kappa shape index (κ3) is 2.23. The lowest BCUT2D eigenvalue weighted by Crippen LogP contribution is -2.18. The summed E-state index contributed by atoms with van der Waals surface area (Å²) in [6.45, 7) is 0. The first-order valence-electron chi connectivity index (χ1n) is 7.44. The number of benzene rings is 1. The molecule has 0 atom stereocenters. The Kier molecular flexibility index (Phi) is 3.37. The molecule has 0 amide bonds. The Morgan fingerprint density at radius 3 is 2.96 bits per heavy atom. The van der Waals surface area contributed by atoms with Gasteiger partial charge in [0.2, 0.25) is 0 Å². The molecule has 6 nitrogen and oxygen atoms in total. The molecule has 0 saturated heterocycles. The smallest absolute Gasteiger partial charge is 0.332 e. The summed E-state index contributed by atoms with van der Waals surface area (Å²) >= 11 is 1.50. The van der Waals surface area contributed by atoms with Gasteiger partial charge in [0.15, 0.2) is 5.16 Å². The molecule has 1 aliphatic carbocycles. The molecule has 3 aromatic rings. The topological polar surface area (TPSA) is 72.8 Å². The van der Waals surface area contributed by atoms with Gasteiger partial charge in [-0.2, -0.15) is 0 Å². The van der Waals surface area contributed by atoms with E-state index in [2.05, 4.69) is 15.0 Å². The first-order chi connectivity index (χ1) is 11.2. The minimum atomic E-state index is -0.187. The van der Waals surface area contributed by atoms with Gasteiger partial charge in [-0.05, 0) is 37.7 Å². The summed E-state index contributed by atoms with van der Waals surface area (Å²) in [7, 11) is 1.61. The van der Waals surface area contributed by atoms with Gasteiger partial charge in [-0.1, -0.05) is 11.8 Å². The van der Waals surface area contributed by atoms with E-state index in [9.17, 15) is 4.79 Å². The van der Waals surface area contributed by atoms with Gasteiger partial charge in [0.05, 0.1) is 23.8 Å². The lowest BCUT2D eigenvalue weighted by Gasteiger charge is -2.10. The summed E-state index contributed by atoms with van der Waals surface area (Å²) in [5.74, 6) is 1.42. The van der Waals surface area contributed by atoms with Crippen molar-refractivity contribution in [3.8, 4) is 11.6 Å². The fraction of sp³-hybridized carbons (Fsp3) is 0.312. The van der Waals surface area contributed by atoms with E-state index in [0.717, 1.165) is 41.6 Å². The lowest BCUT2D eigenvalue weighted by molar-refractivity contribution is 0.415. The molecule has 118 valence electrons. The Morgan fingerprint density at radius 2 is 2.17 bits per heavy atom. The predicted octanol–water partition coefficient (Wildman–Crippen LogP) is 2.33. The van der Waals surface area contributed by atoms with Crippen LogP contribution in [0, 0.1) is 0 Å². The fourth-order valence-corrected chi connectivity index (χ4v) is 3.47. The van der Waals surface area contributed by atoms with Gasteiger partial charge in [0.1, 0.15) is 11.6 Å². The number of hydrogen-bond acceptors (Lipinski definition) is 5. The fourth-order valence-electron chi connectivity index (χ4n) is 3.09. The van der Waals surface area contributed by atoms with Crippen molar-refractivity contribution in [1.82, 2.24) is 19.5 Å². The maximum Gasteiger partial charge on any atom is 0.332 e. The molecule has 0 saturated carbocycles. The first kappa shape index (κ1) is 14.3. The molecular formula is C16H16N4O2S. The molecule has 0 radical (unpaired) electrons. The number of ether oxygens (including phenoxy) is 1. The van der Waals surface area contributed by atoms with Crippen molar-refractivity contribution in [2.45, 2.75) is 24.4 Å². The minimum Gasteiger partial charge on any atom is -0.497 e. The van der Waals surface area contributed by atoms with E-state index in [1.807, 2.05) is 24.5 Å². The number of aromatic nitrogens is 4. The van der Waals surface area contributed by atoms with Gasteiger partial charge in [-0.25, -0.2) is 19.3 Å². The van der Waals surface area contributed by atoms with Crippen molar-refractivity contribution >= 4 is 22.8 Å². The number of fused-ring (bicyclic) bond motifs is 2. The van der Waals surface area contributed by atoms with Gasteiger partial charge in [-0.15, -0.1) is 0 Å². The van der Waals surface area contributed by atoms with Gasteiger partial charge in [0, 0.05) is 11.6 Å². The molecular weight excluding hydrogens is 312 g/mol. The highest BCUT2D eigenvalue weighted by Crippen LogP contribution is 2.29.